The van der Waals surface area contributed by atoms with E-state index in [0.29, 0.717) is 0 Å². The molecule has 0 heterocycles. The van der Waals surface area contributed by atoms with Gasteiger partial charge in [0.2, 0.25) is 0 Å². The van der Waals surface area contributed by atoms with E-state index in [-0.39, 0.29) is 0 Å². The summed E-state index contributed by atoms with van der Waals surface area (Å²) >= 11 is 0. The summed E-state index contributed by atoms with van der Waals surface area (Å²) < 4.78 is 71.6. The molecule has 0 bridgehead atoms. The topological polar surface area (TPSA) is 20.2 Å². The zero-order chi connectivity index (χ0) is 11.1. The van der Waals surface area contributed by atoms with Gasteiger partial charge >= 0.3 is 12.1 Å². The molecule has 0 aliphatic carbocycles. The van der Waals surface area contributed by atoms with Crippen LogP contribution in [0, 0.1) is 5.92 Å². The molecule has 0 radical (unpaired) electrons. The summed E-state index contributed by atoms with van der Waals surface area (Å²) in [7, 11) is 0. The van der Waals surface area contributed by atoms with Crippen molar-refractivity contribution in [1.82, 2.24) is 0 Å². The molecule has 0 amide bonds. The maximum absolute atomic E-state index is 12.6. The van der Waals surface area contributed by atoms with Crippen LogP contribution in [0.3, 0.4) is 0 Å². The van der Waals surface area contributed by atoms with Crippen molar-refractivity contribution in [3.05, 3.63) is 0 Å². The second-order valence-electron chi connectivity index (χ2n) is 2.90. The summed E-state index contributed by atoms with van der Waals surface area (Å²) in [4.78, 5) is 0. The van der Waals surface area contributed by atoms with Crippen molar-refractivity contribution in [3.63, 3.8) is 0 Å². The highest BCUT2D eigenvalue weighted by Gasteiger charge is 2.72. The van der Waals surface area contributed by atoms with Crippen LogP contribution in [0.4, 0.5) is 26.3 Å². The first-order valence-corrected chi connectivity index (χ1v) is 3.30. The zero-order valence-electron chi connectivity index (χ0n) is 6.79. The molecule has 0 aromatic heterocycles. The van der Waals surface area contributed by atoms with E-state index in [0.717, 1.165) is 13.8 Å². The average Bonchev–Trinajstić information content (AvgIpc) is 1.84. The largest absolute Gasteiger partial charge is 0.459 e. The molecule has 80 valence electrons. The van der Waals surface area contributed by atoms with Crippen LogP contribution in [0.5, 0.6) is 0 Å². The van der Waals surface area contributed by atoms with Gasteiger partial charge in [-0.2, -0.15) is 22.0 Å². The molecule has 1 nitrogen and oxygen atoms in total. The molecule has 1 N–H and O–H groups in total. The van der Waals surface area contributed by atoms with Gasteiger partial charge in [-0.25, -0.2) is 4.39 Å². The summed E-state index contributed by atoms with van der Waals surface area (Å²) in [5, 5.41) is 8.32. The number of rotatable bonds is 2. The summed E-state index contributed by atoms with van der Waals surface area (Å²) in [6, 6.07) is 0. The fourth-order valence-corrected chi connectivity index (χ4v) is 0.561. The van der Waals surface area contributed by atoms with E-state index < -0.39 is 23.9 Å². The third-order valence-corrected chi connectivity index (χ3v) is 1.56. The van der Waals surface area contributed by atoms with Crippen LogP contribution in [0.15, 0.2) is 0 Å². The van der Waals surface area contributed by atoms with E-state index in [1.165, 1.54) is 0 Å². The molecule has 0 rings (SSSR count). The Morgan fingerprint density at radius 2 is 1.23 bits per heavy atom. The maximum atomic E-state index is 12.6. The van der Waals surface area contributed by atoms with Crippen LogP contribution >= 0.6 is 0 Å². The molecule has 1 unspecified atom stereocenters. The predicted molar refractivity (Wildman–Crippen MR) is 31.9 cm³/mol. The minimum Gasteiger partial charge on any atom is -0.357 e. The molecule has 0 aliphatic heterocycles. The predicted octanol–water partition coefficient (Wildman–Crippen LogP) is 2.50. The third-order valence-electron chi connectivity index (χ3n) is 1.56. The van der Waals surface area contributed by atoms with E-state index >= 15 is 0 Å². The first-order valence-electron chi connectivity index (χ1n) is 3.30. The van der Waals surface area contributed by atoms with E-state index in [1.807, 2.05) is 0 Å². The fraction of sp³-hybridized carbons (Fsp3) is 1.00. The quantitative estimate of drug-likeness (QED) is 0.694. The number of hydrogen-bond donors (Lipinski definition) is 1. The average molecular weight is 210 g/mol. The lowest BCUT2D eigenvalue weighted by atomic mass is 9.97. The summed E-state index contributed by atoms with van der Waals surface area (Å²) in [5.74, 6) is -12.2. The van der Waals surface area contributed by atoms with Crippen LogP contribution in [-0.2, 0) is 0 Å². The van der Waals surface area contributed by atoms with Gasteiger partial charge in [0.25, 0.3) is 5.85 Å². The number of aliphatic hydroxyl groups is 1. The lowest BCUT2D eigenvalue weighted by molar-refractivity contribution is -0.383. The molecule has 0 aromatic rings. The van der Waals surface area contributed by atoms with Crippen LogP contribution in [-0.4, -0.2) is 23.1 Å². The Labute approximate surface area is 70.4 Å². The highest BCUT2D eigenvalue weighted by Crippen LogP contribution is 2.47. The lowest BCUT2D eigenvalue weighted by Crippen LogP contribution is -2.57. The highest BCUT2D eigenvalue weighted by molar-refractivity contribution is 4.92. The van der Waals surface area contributed by atoms with E-state index in [9.17, 15) is 26.3 Å². The molecule has 0 aromatic carbocycles. The van der Waals surface area contributed by atoms with E-state index in [2.05, 4.69) is 0 Å². The van der Waals surface area contributed by atoms with Crippen LogP contribution in [0.2, 0.25) is 0 Å². The van der Waals surface area contributed by atoms with Gasteiger partial charge in [-0.3, -0.25) is 0 Å². The fourth-order valence-electron chi connectivity index (χ4n) is 0.561. The number of alkyl halides is 6. The smallest absolute Gasteiger partial charge is 0.357 e. The Morgan fingerprint density at radius 1 is 0.923 bits per heavy atom. The van der Waals surface area contributed by atoms with E-state index in [4.69, 9.17) is 5.11 Å². The second-order valence-corrected chi connectivity index (χ2v) is 2.90. The van der Waals surface area contributed by atoms with Gasteiger partial charge in [-0.15, -0.1) is 0 Å². The highest BCUT2D eigenvalue weighted by atomic mass is 19.4. The van der Waals surface area contributed by atoms with Crippen molar-refractivity contribution >= 4 is 0 Å². The van der Waals surface area contributed by atoms with Crippen molar-refractivity contribution in [2.75, 3.05) is 0 Å². The SMILES string of the molecule is CC(C)C(O)(F)C(F)(F)C(F)(F)F. The molecule has 0 saturated carbocycles. The van der Waals surface area contributed by atoms with Crippen molar-refractivity contribution < 1.29 is 31.4 Å². The Balaban J connectivity index is 5.04. The molecular formula is C6H8F6O. The molecule has 0 fully saturated rings. The maximum Gasteiger partial charge on any atom is 0.459 e. The van der Waals surface area contributed by atoms with Gasteiger partial charge in [-0.05, 0) is 0 Å². The number of halogens is 6. The first-order chi connectivity index (χ1) is 5.44. The third kappa shape index (κ3) is 1.90. The summed E-state index contributed by atoms with van der Waals surface area (Å²) in [6.07, 6.45) is -6.10. The van der Waals surface area contributed by atoms with Crippen LogP contribution in [0.25, 0.3) is 0 Å². The standard InChI is InChI=1S/C6H8F6O/c1-3(2)4(7,13)5(8,9)6(10,11)12/h3,13H,1-2H3. The van der Waals surface area contributed by atoms with Gasteiger partial charge in [0.05, 0.1) is 0 Å². The molecule has 1 atom stereocenters. The monoisotopic (exact) mass is 210 g/mol. The minimum absolute atomic E-state index is 0.722. The minimum atomic E-state index is -6.10. The molecule has 0 saturated heterocycles. The molecule has 0 spiro atoms. The molecule has 0 aliphatic rings. The Bertz CT molecular complexity index is 182. The van der Waals surface area contributed by atoms with Crippen molar-refractivity contribution in [3.8, 4) is 0 Å². The number of hydrogen-bond acceptors (Lipinski definition) is 1. The van der Waals surface area contributed by atoms with Crippen LogP contribution < -0.4 is 0 Å². The lowest BCUT2D eigenvalue weighted by Gasteiger charge is -2.32. The second kappa shape index (κ2) is 3.04. The van der Waals surface area contributed by atoms with Gasteiger partial charge < -0.3 is 5.11 Å². The summed E-state index contributed by atoms with van der Waals surface area (Å²) in [5.41, 5.74) is 0. The first kappa shape index (κ1) is 12.5. The normalized spacial score (nSPS) is 18.9. The Kier molecular flexibility index (Phi) is 2.93. The van der Waals surface area contributed by atoms with Crippen molar-refractivity contribution in [2.45, 2.75) is 31.8 Å². The van der Waals surface area contributed by atoms with Crippen molar-refractivity contribution in [1.29, 1.82) is 0 Å². The van der Waals surface area contributed by atoms with Crippen LogP contribution in [0.1, 0.15) is 13.8 Å². The van der Waals surface area contributed by atoms with E-state index in [1.54, 1.807) is 0 Å². The summed E-state index contributed by atoms with van der Waals surface area (Å²) in [6.45, 7) is 1.44. The molecular weight excluding hydrogens is 202 g/mol. The zero-order valence-corrected chi connectivity index (χ0v) is 6.79. The molecule has 7 heteroatoms. The van der Waals surface area contributed by atoms with Gasteiger partial charge in [0, 0.05) is 5.92 Å². The van der Waals surface area contributed by atoms with Gasteiger partial charge in [0.1, 0.15) is 0 Å². The Hall–Kier alpha value is -0.460. The van der Waals surface area contributed by atoms with Gasteiger partial charge in [0.15, 0.2) is 0 Å². The molecule has 13 heavy (non-hydrogen) atoms. The van der Waals surface area contributed by atoms with Gasteiger partial charge in [-0.1, -0.05) is 13.8 Å². The van der Waals surface area contributed by atoms with Crippen molar-refractivity contribution in [2.24, 2.45) is 5.92 Å². The Morgan fingerprint density at radius 3 is 1.31 bits per heavy atom.